The Labute approximate surface area is 155 Å². The number of carbonyl (C=O) groups excluding carboxylic acids is 1. The maximum atomic E-state index is 12.4. The zero-order valence-corrected chi connectivity index (χ0v) is 15.2. The second-order valence-corrected chi connectivity index (χ2v) is 7.40. The van der Waals surface area contributed by atoms with Crippen molar-refractivity contribution in [3.63, 3.8) is 0 Å². The van der Waals surface area contributed by atoms with E-state index in [1.165, 1.54) is 18.4 Å². The van der Waals surface area contributed by atoms with E-state index in [2.05, 4.69) is 45.4 Å². The molecule has 0 radical (unpaired) electrons. The minimum Gasteiger partial charge on any atom is -0.355 e. The number of carbonyl (C=O) groups is 1. The molecule has 0 N–H and O–H groups in total. The van der Waals surface area contributed by atoms with Crippen molar-refractivity contribution in [3.05, 3.63) is 53.7 Å². The third-order valence-corrected chi connectivity index (χ3v) is 5.57. The van der Waals surface area contributed by atoms with Crippen molar-refractivity contribution >= 4 is 11.7 Å². The molecule has 0 bridgehead atoms. The van der Waals surface area contributed by atoms with Gasteiger partial charge in [0.05, 0.1) is 0 Å². The average Bonchev–Trinajstić information content (AvgIpc) is 3.24. The Hall–Kier alpha value is -2.43. The monoisotopic (exact) mass is 350 g/mol. The molecule has 2 saturated heterocycles. The first-order chi connectivity index (χ1) is 12.8. The van der Waals surface area contributed by atoms with Gasteiger partial charge in [-0.2, -0.15) is 0 Å². The summed E-state index contributed by atoms with van der Waals surface area (Å²) >= 11 is 0. The van der Waals surface area contributed by atoms with Gasteiger partial charge in [-0.1, -0.05) is 30.3 Å². The molecule has 3 heterocycles. The first-order valence-electron chi connectivity index (χ1n) is 9.71. The predicted molar refractivity (Wildman–Crippen MR) is 102 cm³/mol. The van der Waals surface area contributed by atoms with Crippen LogP contribution in [0.3, 0.4) is 0 Å². The van der Waals surface area contributed by atoms with Crippen molar-refractivity contribution in [2.75, 3.05) is 31.1 Å². The Bertz CT molecular complexity index is 717. The van der Waals surface area contributed by atoms with Crippen LogP contribution in [0.4, 0.5) is 5.82 Å². The first-order valence-corrected chi connectivity index (χ1v) is 9.71. The lowest BCUT2D eigenvalue weighted by molar-refractivity contribution is 0.0786. The lowest BCUT2D eigenvalue weighted by atomic mass is 9.90. The Morgan fingerprint density at radius 1 is 0.923 bits per heavy atom. The summed E-state index contributed by atoms with van der Waals surface area (Å²) in [5.41, 5.74) is 1.89. The lowest BCUT2D eigenvalue weighted by Gasteiger charge is -2.32. The van der Waals surface area contributed by atoms with Crippen LogP contribution in [-0.4, -0.2) is 47.2 Å². The van der Waals surface area contributed by atoms with E-state index in [-0.39, 0.29) is 5.91 Å². The van der Waals surface area contributed by atoms with Crippen molar-refractivity contribution in [3.8, 4) is 0 Å². The molecule has 0 saturated carbocycles. The van der Waals surface area contributed by atoms with Crippen LogP contribution in [-0.2, 0) is 6.42 Å². The molecule has 2 aliphatic heterocycles. The number of likely N-dealkylation sites (tertiary alicyclic amines) is 1. The van der Waals surface area contributed by atoms with Gasteiger partial charge in [0.1, 0.15) is 0 Å². The van der Waals surface area contributed by atoms with Gasteiger partial charge >= 0.3 is 0 Å². The molecule has 0 aliphatic carbocycles. The Kier molecular flexibility index (Phi) is 5.14. The maximum Gasteiger partial charge on any atom is 0.274 e. The number of benzene rings is 1. The van der Waals surface area contributed by atoms with Crippen LogP contribution >= 0.6 is 0 Å². The van der Waals surface area contributed by atoms with E-state index in [9.17, 15) is 4.79 Å². The van der Waals surface area contributed by atoms with Gasteiger partial charge in [-0.3, -0.25) is 4.79 Å². The van der Waals surface area contributed by atoms with Crippen LogP contribution in [0.25, 0.3) is 0 Å². The second-order valence-electron chi connectivity index (χ2n) is 7.40. The molecule has 0 spiro atoms. The topological polar surface area (TPSA) is 49.3 Å². The van der Waals surface area contributed by atoms with Gasteiger partial charge < -0.3 is 9.80 Å². The van der Waals surface area contributed by atoms with Gasteiger partial charge in [0.2, 0.25) is 0 Å². The fraction of sp³-hybridized carbons (Fsp3) is 0.476. The van der Waals surface area contributed by atoms with E-state index in [0.717, 1.165) is 57.2 Å². The molecule has 5 heteroatoms. The van der Waals surface area contributed by atoms with E-state index >= 15 is 0 Å². The molecule has 26 heavy (non-hydrogen) atoms. The second kappa shape index (κ2) is 7.85. The summed E-state index contributed by atoms with van der Waals surface area (Å²) in [5.74, 6) is 1.64. The zero-order valence-electron chi connectivity index (χ0n) is 15.2. The molecule has 2 aliphatic rings. The van der Waals surface area contributed by atoms with Gasteiger partial charge in [0.25, 0.3) is 5.91 Å². The fourth-order valence-electron chi connectivity index (χ4n) is 4.00. The summed E-state index contributed by atoms with van der Waals surface area (Å²) in [6, 6.07) is 14.5. The predicted octanol–water partition coefficient (Wildman–Crippen LogP) is 3.17. The minimum absolute atomic E-state index is 0.0168. The molecule has 0 unspecified atom stereocenters. The molecular weight excluding hydrogens is 324 g/mol. The standard InChI is InChI=1S/C21H26N4O/c26-21(25-12-4-5-13-25)19-8-9-20(23-22-19)24-14-10-18(11-15-24)16-17-6-2-1-3-7-17/h1-3,6-9,18H,4-5,10-16H2. The molecule has 0 atom stereocenters. The quantitative estimate of drug-likeness (QED) is 0.850. The van der Waals surface area contributed by atoms with E-state index in [4.69, 9.17) is 0 Å². The van der Waals surface area contributed by atoms with E-state index in [1.807, 2.05) is 17.0 Å². The Balaban J connectivity index is 1.32. The molecule has 136 valence electrons. The summed E-state index contributed by atoms with van der Waals surface area (Å²) in [7, 11) is 0. The van der Waals surface area contributed by atoms with Gasteiger partial charge in [-0.05, 0) is 55.7 Å². The molecular formula is C21H26N4O. The molecule has 4 rings (SSSR count). The highest BCUT2D eigenvalue weighted by Crippen LogP contribution is 2.24. The lowest BCUT2D eigenvalue weighted by Crippen LogP contribution is -2.35. The van der Waals surface area contributed by atoms with Crippen LogP contribution < -0.4 is 4.90 Å². The number of rotatable bonds is 4. The molecule has 2 fully saturated rings. The third-order valence-electron chi connectivity index (χ3n) is 5.57. The van der Waals surface area contributed by atoms with E-state index in [0.29, 0.717) is 5.69 Å². The van der Waals surface area contributed by atoms with Crippen molar-refractivity contribution in [2.45, 2.75) is 32.1 Å². The van der Waals surface area contributed by atoms with Crippen LogP contribution in [0.1, 0.15) is 41.7 Å². The first kappa shape index (κ1) is 17.0. The van der Waals surface area contributed by atoms with Crippen molar-refractivity contribution < 1.29 is 4.79 Å². The number of hydrogen-bond acceptors (Lipinski definition) is 4. The average molecular weight is 350 g/mol. The molecule has 5 nitrogen and oxygen atoms in total. The van der Waals surface area contributed by atoms with Gasteiger partial charge in [-0.15, -0.1) is 10.2 Å². The highest BCUT2D eigenvalue weighted by atomic mass is 16.2. The summed E-state index contributed by atoms with van der Waals surface area (Å²) in [4.78, 5) is 16.5. The van der Waals surface area contributed by atoms with Crippen LogP contribution in [0.2, 0.25) is 0 Å². The van der Waals surface area contributed by atoms with E-state index in [1.54, 1.807) is 0 Å². The number of hydrogen-bond donors (Lipinski definition) is 0. The van der Waals surface area contributed by atoms with Crippen molar-refractivity contribution in [1.82, 2.24) is 15.1 Å². The third kappa shape index (κ3) is 3.87. The molecule has 2 aromatic rings. The summed E-state index contributed by atoms with van der Waals surface area (Å²) in [6.45, 7) is 3.70. The summed E-state index contributed by atoms with van der Waals surface area (Å²) in [6.07, 6.45) is 5.68. The van der Waals surface area contributed by atoms with Crippen molar-refractivity contribution in [2.24, 2.45) is 5.92 Å². The van der Waals surface area contributed by atoms with Crippen LogP contribution in [0, 0.1) is 5.92 Å². The van der Waals surface area contributed by atoms with Crippen molar-refractivity contribution in [1.29, 1.82) is 0 Å². The summed E-state index contributed by atoms with van der Waals surface area (Å²) in [5, 5.41) is 8.53. The largest absolute Gasteiger partial charge is 0.355 e. The van der Waals surface area contributed by atoms with Gasteiger partial charge in [-0.25, -0.2) is 0 Å². The highest BCUT2D eigenvalue weighted by Gasteiger charge is 2.23. The maximum absolute atomic E-state index is 12.4. The fourth-order valence-corrected chi connectivity index (χ4v) is 4.00. The zero-order chi connectivity index (χ0) is 17.8. The molecule has 1 amide bonds. The normalized spacial score (nSPS) is 18.3. The number of aromatic nitrogens is 2. The number of piperidine rings is 1. The van der Waals surface area contributed by atoms with Crippen LogP contribution in [0.5, 0.6) is 0 Å². The SMILES string of the molecule is O=C(c1ccc(N2CCC(Cc3ccccc3)CC2)nn1)N1CCCC1. The van der Waals surface area contributed by atoms with Gasteiger partial charge in [0.15, 0.2) is 11.5 Å². The Morgan fingerprint density at radius 3 is 2.31 bits per heavy atom. The number of anilines is 1. The van der Waals surface area contributed by atoms with Gasteiger partial charge in [0, 0.05) is 26.2 Å². The number of nitrogens with zero attached hydrogens (tertiary/aromatic N) is 4. The number of amides is 1. The summed E-state index contributed by atoms with van der Waals surface area (Å²) < 4.78 is 0. The Morgan fingerprint density at radius 2 is 1.65 bits per heavy atom. The minimum atomic E-state index is 0.0168. The molecule has 1 aromatic carbocycles. The van der Waals surface area contributed by atoms with E-state index < -0.39 is 0 Å². The molecule has 1 aromatic heterocycles. The smallest absolute Gasteiger partial charge is 0.274 e. The highest BCUT2D eigenvalue weighted by molar-refractivity contribution is 5.92. The van der Waals surface area contributed by atoms with Crippen LogP contribution in [0.15, 0.2) is 42.5 Å².